The van der Waals surface area contributed by atoms with Crippen LogP contribution in [0.3, 0.4) is 0 Å². The number of rotatable bonds is 7. The molecule has 0 fully saturated rings. The quantitative estimate of drug-likeness (QED) is 0.229. The summed E-state index contributed by atoms with van der Waals surface area (Å²) in [5.41, 5.74) is 5.39. The van der Waals surface area contributed by atoms with Gasteiger partial charge in [0.1, 0.15) is 0 Å². The molecule has 0 aliphatic heterocycles. The average molecular weight is 492 g/mol. The summed E-state index contributed by atoms with van der Waals surface area (Å²) < 4.78 is 3.01. The molecular weight excluding hydrogens is 463 g/mol. The summed E-state index contributed by atoms with van der Waals surface area (Å²) in [5, 5.41) is 2.20. The minimum absolute atomic E-state index is 1.10. The molecule has 0 aliphatic carbocycles. The van der Waals surface area contributed by atoms with Gasteiger partial charge < -0.3 is 0 Å². The average Bonchev–Trinajstić information content (AvgIpc) is 2.91. The Morgan fingerprint density at radius 1 is 0.333 bits per heavy atom. The number of benzene rings is 5. The van der Waals surface area contributed by atoms with Crippen LogP contribution in [-0.4, -0.2) is 12.8 Å². The van der Waals surface area contributed by atoms with E-state index in [2.05, 4.69) is 146 Å². The summed E-state index contributed by atoms with van der Waals surface area (Å²) in [6.07, 6.45) is 0. The van der Waals surface area contributed by atoms with Crippen LogP contribution in [0.2, 0.25) is 0 Å². The molecular formula is C32H28Se. The zero-order valence-electron chi connectivity index (χ0n) is 18.7. The predicted molar refractivity (Wildman–Crippen MR) is 144 cm³/mol. The molecule has 0 saturated carbocycles. The first kappa shape index (κ1) is 21.5. The molecule has 5 aromatic rings. The van der Waals surface area contributed by atoms with Crippen LogP contribution in [0.1, 0.15) is 11.1 Å². The van der Waals surface area contributed by atoms with Gasteiger partial charge in [-0.15, -0.1) is 0 Å². The van der Waals surface area contributed by atoms with E-state index in [0.717, 1.165) is 10.6 Å². The maximum atomic E-state index is 2.40. The van der Waals surface area contributed by atoms with Crippen LogP contribution < -0.4 is 8.92 Å². The fraction of sp³-hybridized carbons (Fsp3) is 0.0625. The van der Waals surface area contributed by atoms with E-state index in [9.17, 15) is 0 Å². The van der Waals surface area contributed by atoms with Crippen molar-refractivity contribution in [2.24, 2.45) is 0 Å². The fourth-order valence-electron chi connectivity index (χ4n) is 4.46. The van der Waals surface area contributed by atoms with E-state index >= 15 is 0 Å². The topological polar surface area (TPSA) is 0 Å². The molecule has 0 N–H and O–H groups in total. The molecule has 0 amide bonds. The summed E-state index contributed by atoms with van der Waals surface area (Å²) in [6.45, 7) is 0. The first-order chi connectivity index (χ1) is 16.3. The van der Waals surface area contributed by atoms with Gasteiger partial charge in [0, 0.05) is 0 Å². The predicted octanol–water partition coefficient (Wildman–Crippen LogP) is 6.48. The molecule has 0 aliphatic rings. The number of hydrogen-bond acceptors (Lipinski definition) is 0. The van der Waals surface area contributed by atoms with E-state index in [1.54, 1.807) is 0 Å². The van der Waals surface area contributed by atoms with Crippen molar-refractivity contribution in [3.63, 3.8) is 0 Å². The van der Waals surface area contributed by atoms with E-state index in [1.807, 2.05) is 0 Å². The third kappa shape index (κ3) is 4.86. The minimum atomic E-state index is -2.40. The first-order valence-corrected chi connectivity index (χ1v) is 15.5. The second-order valence-corrected chi connectivity index (χ2v) is 15.2. The molecule has 0 bridgehead atoms. The van der Waals surface area contributed by atoms with Crippen LogP contribution in [0, 0.1) is 0 Å². The Labute approximate surface area is 199 Å². The van der Waals surface area contributed by atoms with Crippen molar-refractivity contribution in [1.29, 1.82) is 0 Å². The van der Waals surface area contributed by atoms with E-state index in [4.69, 9.17) is 0 Å². The summed E-state index contributed by atoms with van der Waals surface area (Å²) in [4.78, 5) is 0. The maximum absolute atomic E-state index is 2.40. The SMILES string of the molecule is c1ccc(C[Se](Cc2ccccc2)(c2ccccc2)c2ccc(-c3ccccc3)cc2)cc1. The second-order valence-electron chi connectivity index (χ2n) is 8.35. The summed E-state index contributed by atoms with van der Waals surface area (Å²) in [5.74, 6) is 0. The Hall–Kier alpha value is -3.38. The van der Waals surface area contributed by atoms with E-state index < -0.39 is 12.8 Å². The monoisotopic (exact) mass is 492 g/mol. The van der Waals surface area contributed by atoms with Gasteiger partial charge in [0.15, 0.2) is 0 Å². The van der Waals surface area contributed by atoms with E-state index in [-0.39, 0.29) is 0 Å². The van der Waals surface area contributed by atoms with Gasteiger partial charge in [0.2, 0.25) is 0 Å². The Balaban J connectivity index is 1.66. The molecule has 0 saturated heterocycles. The molecule has 33 heavy (non-hydrogen) atoms. The van der Waals surface area contributed by atoms with Crippen molar-refractivity contribution < 1.29 is 0 Å². The van der Waals surface area contributed by atoms with Crippen molar-refractivity contribution in [2.75, 3.05) is 0 Å². The van der Waals surface area contributed by atoms with Crippen LogP contribution in [-0.2, 0) is 10.6 Å². The Morgan fingerprint density at radius 2 is 0.697 bits per heavy atom. The van der Waals surface area contributed by atoms with Gasteiger partial charge in [-0.3, -0.25) is 0 Å². The molecule has 1 heteroatoms. The number of hydrogen-bond donors (Lipinski definition) is 0. The third-order valence-electron chi connectivity index (χ3n) is 6.12. The zero-order valence-corrected chi connectivity index (χ0v) is 20.4. The van der Waals surface area contributed by atoms with Crippen molar-refractivity contribution >= 4 is 21.8 Å². The second kappa shape index (κ2) is 10.0. The summed E-state index contributed by atoms with van der Waals surface area (Å²) in [6, 6.07) is 53.4. The van der Waals surface area contributed by atoms with Crippen molar-refractivity contribution in [1.82, 2.24) is 0 Å². The molecule has 0 aromatic heterocycles. The van der Waals surface area contributed by atoms with Crippen LogP contribution in [0.25, 0.3) is 11.1 Å². The third-order valence-corrected chi connectivity index (χ3v) is 14.5. The molecule has 0 unspecified atom stereocenters. The van der Waals surface area contributed by atoms with Gasteiger partial charge in [0.25, 0.3) is 0 Å². The van der Waals surface area contributed by atoms with Gasteiger partial charge in [0.05, 0.1) is 0 Å². The van der Waals surface area contributed by atoms with Crippen LogP contribution >= 0.6 is 0 Å². The van der Waals surface area contributed by atoms with E-state index in [1.165, 1.54) is 31.2 Å². The van der Waals surface area contributed by atoms with Gasteiger partial charge in [-0.05, 0) is 0 Å². The molecule has 0 nitrogen and oxygen atoms in total. The first-order valence-electron chi connectivity index (χ1n) is 11.4. The normalized spacial score (nSPS) is 11.8. The fourth-order valence-corrected chi connectivity index (χ4v) is 12.6. The summed E-state index contributed by atoms with van der Waals surface area (Å²) in [7, 11) is 0. The van der Waals surface area contributed by atoms with Crippen molar-refractivity contribution in [2.45, 2.75) is 10.6 Å². The van der Waals surface area contributed by atoms with Crippen LogP contribution in [0.4, 0.5) is 0 Å². The Kier molecular flexibility index (Phi) is 6.53. The molecule has 5 aromatic carbocycles. The Morgan fingerprint density at radius 3 is 1.18 bits per heavy atom. The molecule has 0 atom stereocenters. The van der Waals surface area contributed by atoms with Crippen molar-refractivity contribution in [3.8, 4) is 11.1 Å². The van der Waals surface area contributed by atoms with E-state index in [0.29, 0.717) is 0 Å². The zero-order chi connectivity index (χ0) is 22.3. The standard InChI is InChI=1S/C32H28Se/c1-5-13-27(14-6-1)25-33(31-19-11-4-12-20-31,26-28-15-7-2-8-16-28)32-23-21-30(22-24-32)29-17-9-3-10-18-29/h1-24H,25-26H2. The van der Waals surface area contributed by atoms with Gasteiger partial charge >= 0.3 is 200 Å². The van der Waals surface area contributed by atoms with Gasteiger partial charge in [-0.1, -0.05) is 0 Å². The van der Waals surface area contributed by atoms with Gasteiger partial charge in [-0.25, -0.2) is 0 Å². The Bertz CT molecular complexity index is 1220. The van der Waals surface area contributed by atoms with Gasteiger partial charge in [-0.2, -0.15) is 0 Å². The molecule has 0 heterocycles. The van der Waals surface area contributed by atoms with Crippen molar-refractivity contribution in [3.05, 3.63) is 157 Å². The molecule has 5 rings (SSSR count). The van der Waals surface area contributed by atoms with Crippen LogP contribution in [0.15, 0.2) is 146 Å². The summed E-state index contributed by atoms with van der Waals surface area (Å²) >= 11 is -2.40. The molecule has 0 radical (unpaired) electrons. The molecule has 162 valence electrons. The van der Waals surface area contributed by atoms with Crippen LogP contribution in [0.5, 0.6) is 0 Å². The molecule has 0 spiro atoms.